The number of phosphoric acid groups is 3. The van der Waals surface area contributed by atoms with Gasteiger partial charge in [-0.1, -0.05) is 51.9 Å². The van der Waals surface area contributed by atoms with Gasteiger partial charge in [-0.05, 0) is 18.7 Å². The van der Waals surface area contributed by atoms with Crippen LogP contribution in [-0.4, -0.2) is 50.1 Å². The monoisotopic (exact) mass is 540 g/mol. The zero-order valence-electron chi connectivity index (χ0n) is 16.3. The number of benzene rings is 1. The fourth-order valence-corrected chi connectivity index (χ4v) is 7.20. The number of hydrogen-bond acceptors (Lipinski definition) is 10. The van der Waals surface area contributed by atoms with E-state index in [9.17, 15) is 23.5 Å². The summed E-state index contributed by atoms with van der Waals surface area (Å²) in [5.41, 5.74) is 0.634. The minimum absolute atomic E-state index is 0.230. The van der Waals surface area contributed by atoms with Gasteiger partial charge in [0.2, 0.25) is 0 Å². The summed E-state index contributed by atoms with van der Waals surface area (Å²) in [6, 6.07) is 9.22. The Morgan fingerprint density at radius 3 is 2.32 bits per heavy atom. The Kier molecular flexibility index (Phi) is 10.3. The van der Waals surface area contributed by atoms with E-state index in [1.54, 1.807) is 0 Å². The van der Waals surface area contributed by atoms with Gasteiger partial charge in [-0.3, -0.25) is 4.52 Å². The van der Waals surface area contributed by atoms with Crippen LogP contribution >= 0.6 is 45.1 Å². The normalized spacial score (nSPS) is 26.8. The Morgan fingerprint density at radius 2 is 1.74 bits per heavy atom. The largest absolute Gasteiger partial charge is 0.490 e. The van der Waals surface area contributed by atoms with Crippen LogP contribution < -0.4 is 0 Å². The van der Waals surface area contributed by atoms with Crippen molar-refractivity contribution in [3.8, 4) is 0 Å². The average molecular weight is 540 g/mol. The molecule has 1 aliphatic rings. The average Bonchev–Trinajstić information content (AvgIpc) is 3.00. The predicted octanol–water partition coefficient (Wildman–Crippen LogP) is 3.60. The highest BCUT2D eigenvalue weighted by Crippen LogP contribution is 2.66. The fraction of sp³-hybridized carbons (Fsp3) is 0.571. The van der Waals surface area contributed by atoms with Crippen LogP contribution in [0.5, 0.6) is 0 Å². The van der Waals surface area contributed by atoms with Gasteiger partial charge in [0, 0.05) is 6.42 Å². The van der Waals surface area contributed by atoms with E-state index in [1.165, 1.54) is 21.6 Å². The first-order chi connectivity index (χ1) is 14.3. The third kappa shape index (κ3) is 9.95. The van der Waals surface area contributed by atoms with Gasteiger partial charge in [-0.2, -0.15) is 8.62 Å². The van der Waals surface area contributed by atoms with E-state index in [1.807, 2.05) is 43.5 Å². The van der Waals surface area contributed by atoms with E-state index < -0.39 is 42.3 Å². The quantitative estimate of drug-likeness (QED) is 0.172. The summed E-state index contributed by atoms with van der Waals surface area (Å²) in [6.07, 6.45) is 0.558. The highest BCUT2D eigenvalue weighted by Gasteiger charge is 2.43. The molecular weight excluding hydrogens is 517 g/mol. The highest BCUT2D eigenvalue weighted by molar-refractivity contribution is 8.76. The summed E-state index contributed by atoms with van der Waals surface area (Å²) in [6.45, 7) is 1.27. The standard InChI is InChI=1S/C14H23O12P3S2/c1-10(31-30-2)23-13-8-12(11-6-4-3-5-7-11)24-14(13)9-22-28(18,19)26-29(20,21)25-27(15,16)17/h3-7,10,12-14H,8-9H2,1-2H3,(H,18,19)(H,20,21)(H2,15,16,17)/t10-,12-,13-,14-/m1/s1. The molecule has 2 rings (SSSR count). The smallest absolute Gasteiger partial charge is 0.365 e. The Balaban J connectivity index is 2.05. The van der Waals surface area contributed by atoms with Crippen molar-refractivity contribution in [2.24, 2.45) is 0 Å². The third-order valence-corrected chi connectivity index (χ3v) is 9.56. The van der Waals surface area contributed by atoms with Crippen LogP contribution in [-0.2, 0) is 36.3 Å². The SMILES string of the molecule is CSS[C@H](C)O[C@@H]1C[C@H](c2ccccc2)O[C@@H]1COP(=O)(O)OP(=O)(O)OP(=O)(O)O. The van der Waals surface area contributed by atoms with Gasteiger partial charge in [0.05, 0.1) is 18.8 Å². The molecule has 0 radical (unpaired) electrons. The molecule has 1 heterocycles. The van der Waals surface area contributed by atoms with Crippen molar-refractivity contribution >= 4 is 45.1 Å². The first-order valence-corrected chi connectivity index (χ1v) is 15.8. The van der Waals surface area contributed by atoms with E-state index in [4.69, 9.17) is 23.8 Å². The lowest BCUT2D eigenvalue weighted by atomic mass is 10.0. The lowest BCUT2D eigenvalue weighted by molar-refractivity contribution is -0.0497. The van der Waals surface area contributed by atoms with Crippen LogP contribution in [0.3, 0.4) is 0 Å². The number of rotatable bonds is 12. The molecule has 0 saturated carbocycles. The Morgan fingerprint density at radius 1 is 1.10 bits per heavy atom. The van der Waals surface area contributed by atoms with Gasteiger partial charge in [0.15, 0.2) is 0 Å². The molecule has 31 heavy (non-hydrogen) atoms. The molecule has 2 unspecified atom stereocenters. The molecule has 6 atom stereocenters. The Hall–Kier alpha value is 0.250. The molecule has 1 fully saturated rings. The van der Waals surface area contributed by atoms with Gasteiger partial charge in [-0.25, -0.2) is 13.7 Å². The lowest BCUT2D eigenvalue weighted by Gasteiger charge is -2.23. The van der Waals surface area contributed by atoms with Crippen LogP contribution in [0.4, 0.5) is 0 Å². The molecule has 0 amide bonds. The molecule has 1 aliphatic heterocycles. The molecule has 0 spiro atoms. The molecule has 0 aliphatic carbocycles. The van der Waals surface area contributed by atoms with Gasteiger partial charge in [0.1, 0.15) is 11.5 Å². The van der Waals surface area contributed by atoms with Gasteiger partial charge in [-0.15, -0.1) is 0 Å². The van der Waals surface area contributed by atoms with Crippen LogP contribution in [0.2, 0.25) is 0 Å². The Labute approximate surface area is 186 Å². The summed E-state index contributed by atoms with van der Waals surface area (Å²) >= 11 is 0. The Bertz CT molecular complexity index is 852. The highest BCUT2D eigenvalue weighted by atomic mass is 33.1. The van der Waals surface area contributed by atoms with Crippen molar-refractivity contribution in [1.29, 1.82) is 0 Å². The van der Waals surface area contributed by atoms with Crippen LogP contribution in [0.1, 0.15) is 25.0 Å². The second-order valence-electron chi connectivity index (χ2n) is 6.20. The van der Waals surface area contributed by atoms with E-state index in [0.717, 1.165) is 5.56 Å². The predicted molar refractivity (Wildman–Crippen MR) is 114 cm³/mol. The van der Waals surface area contributed by atoms with E-state index in [2.05, 4.69) is 8.62 Å². The molecule has 12 nitrogen and oxygen atoms in total. The van der Waals surface area contributed by atoms with Gasteiger partial charge >= 0.3 is 23.5 Å². The summed E-state index contributed by atoms with van der Waals surface area (Å²) in [5.74, 6) is 0. The fourth-order valence-electron chi connectivity index (χ4n) is 2.76. The van der Waals surface area contributed by atoms with E-state index in [0.29, 0.717) is 6.42 Å². The van der Waals surface area contributed by atoms with Crippen molar-refractivity contribution in [1.82, 2.24) is 0 Å². The van der Waals surface area contributed by atoms with Crippen LogP contribution in [0.15, 0.2) is 30.3 Å². The molecular formula is C14H23O12P3S2. The lowest BCUT2D eigenvalue weighted by Crippen LogP contribution is -2.30. The summed E-state index contributed by atoms with van der Waals surface area (Å²) in [7, 11) is -13.3. The first-order valence-electron chi connectivity index (χ1n) is 8.64. The molecule has 1 saturated heterocycles. The van der Waals surface area contributed by atoms with E-state index in [-0.39, 0.29) is 11.5 Å². The summed E-state index contributed by atoms with van der Waals surface area (Å²) in [5, 5.41) is 0. The summed E-state index contributed by atoms with van der Waals surface area (Å²) < 4.78 is 58.2. The second-order valence-corrected chi connectivity index (χ2v) is 13.4. The number of phosphoric ester groups is 1. The molecule has 4 N–H and O–H groups in total. The summed E-state index contributed by atoms with van der Waals surface area (Å²) in [4.78, 5) is 36.1. The van der Waals surface area contributed by atoms with Crippen molar-refractivity contribution in [2.45, 2.75) is 37.1 Å². The topological polar surface area (TPSA) is 178 Å². The second kappa shape index (κ2) is 11.6. The van der Waals surface area contributed by atoms with Gasteiger partial charge < -0.3 is 29.0 Å². The molecule has 1 aromatic rings. The van der Waals surface area contributed by atoms with Crippen molar-refractivity contribution in [2.75, 3.05) is 12.9 Å². The first kappa shape index (κ1) is 27.5. The minimum atomic E-state index is -5.58. The van der Waals surface area contributed by atoms with Crippen molar-refractivity contribution < 1.29 is 55.9 Å². The molecule has 17 heteroatoms. The van der Waals surface area contributed by atoms with Gasteiger partial charge in [0.25, 0.3) is 0 Å². The molecule has 178 valence electrons. The van der Waals surface area contributed by atoms with Crippen LogP contribution in [0, 0.1) is 0 Å². The molecule has 0 bridgehead atoms. The zero-order valence-corrected chi connectivity index (χ0v) is 20.6. The third-order valence-electron chi connectivity index (χ3n) is 3.79. The zero-order chi connectivity index (χ0) is 23.3. The van der Waals surface area contributed by atoms with Crippen LogP contribution in [0.25, 0.3) is 0 Å². The van der Waals surface area contributed by atoms with Crippen molar-refractivity contribution in [3.05, 3.63) is 35.9 Å². The number of hydrogen-bond donors (Lipinski definition) is 4. The maximum atomic E-state index is 12.0. The molecule has 1 aromatic carbocycles. The number of ether oxygens (including phenoxy) is 2. The van der Waals surface area contributed by atoms with E-state index >= 15 is 0 Å². The molecule has 0 aromatic heterocycles. The van der Waals surface area contributed by atoms with Crippen molar-refractivity contribution in [3.63, 3.8) is 0 Å². The minimum Gasteiger partial charge on any atom is -0.365 e. The maximum Gasteiger partial charge on any atom is 0.490 e. The maximum absolute atomic E-state index is 12.0.